The smallest absolute Gasteiger partial charge is 0.162 e. The summed E-state index contributed by atoms with van der Waals surface area (Å²) >= 11 is 0. The first-order valence-electron chi connectivity index (χ1n) is 9.79. The average Bonchev–Trinajstić information content (AvgIpc) is 3.30. The van der Waals surface area contributed by atoms with Gasteiger partial charge in [0.1, 0.15) is 18.2 Å². The van der Waals surface area contributed by atoms with Gasteiger partial charge >= 0.3 is 0 Å². The van der Waals surface area contributed by atoms with Crippen molar-refractivity contribution in [3.63, 3.8) is 0 Å². The van der Waals surface area contributed by atoms with E-state index >= 15 is 0 Å². The lowest BCUT2D eigenvalue weighted by molar-refractivity contribution is 0.0684. The van der Waals surface area contributed by atoms with E-state index in [1.54, 1.807) is 26.4 Å². The zero-order valence-corrected chi connectivity index (χ0v) is 17.0. The molecule has 30 heavy (non-hydrogen) atoms. The molecule has 1 aliphatic heterocycles. The molecule has 4 rings (SSSR count). The Balaban J connectivity index is 1.84. The largest absolute Gasteiger partial charge is 0.493 e. The van der Waals surface area contributed by atoms with Gasteiger partial charge in [0.25, 0.3) is 0 Å². The van der Waals surface area contributed by atoms with Crippen LogP contribution in [0.5, 0.6) is 17.2 Å². The molecule has 154 valence electrons. The van der Waals surface area contributed by atoms with Crippen molar-refractivity contribution in [2.75, 3.05) is 32.8 Å². The van der Waals surface area contributed by atoms with Crippen LogP contribution in [0.3, 0.4) is 0 Å². The minimum Gasteiger partial charge on any atom is -0.493 e. The maximum absolute atomic E-state index is 9.96. The predicted octanol–water partition coefficient (Wildman–Crippen LogP) is 4.43. The van der Waals surface area contributed by atoms with Crippen LogP contribution < -0.4 is 19.5 Å². The van der Waals surface area contributed by atoms with Gasteiger partial charge in [-0.3, -0.25) is 0 Å². The molecular formula is C23H23N3O4. The van der Waals surface area contributed by atoms with E-state index in [9.17, 15) is 5.26 Å². The Morgan fingerprint density at radius 1 is 1.17 bits per heavy atom. The number of aromatic nitrogens is 1. The van der Waals surface area contributed by atoms with Crippen LogP contribution in [0.2, 0.25) is 0 Å². The SMILES string of the molecule is COc1cc2nc(Nc3ccccc3)c(C#N)c(OCC3CCCO3)c2cc1OC. The number of hydrogen-bond donors (Lipinski definition) is 1. The molecular weight excluding hydrogens is 382 g/mol. The minimum atomic E-state index is 0.0189. The first-order chi connectivity index (χ1) is 14.7. The second-order valence-electron chi connectivity index (χ2n) is 6.94. The lowest BCUT2D eigenvalue weighted by Crippen LogP contribution is -2.17. The van der Waals surface area contributed by atoms with Crippen LogP contribution in [0, 0.1) is 11.3 Å². The topological polar surface area (TPSA) is 85.6 Å². The van der Waals surface area contributed by atoms with Crippen LogP contribution in [-0.2, 0) is 4.74 Å². The molecule has 0 bridgehead atoms. The molecule has 0 amide bonds. The molecule has 2 heterocycles. The molecule has 1 unspecified atom stereocenters. The van der Waals surface area contributed by atoms with E-state index in [-0.39, 0.29) is 6.10 Å². The molecule has 1 saturated heterocycles. The summed E-state index contributed by atoms with van der Waals surface area (Å²) in [5.41, 5.74) is 1.79. The third-order valence-corrected chi connectivity index (χ3v) is 5.03. The van der Waals surface area contributed by atoms with Crippen molar-refractivity contribution in [1.82, 2.24) is 4.98 Å². The van der Waals surface area contributed by atoms with Crippen LogP contribution in [0.1, 0.15) is 18.4 Å². The molecule has 1 atom stereocenters. The zero-order valence-electron chi connectivity index (χ0n) is 17.0. The Labute approximate surface area is 175 Å². The predicted molar refractivity (Wildman–Crippen MR) is 114 cm³/mol. The summed E-state index contributed by atoms with van der Waals surface area (Å²) in [5.74, 6) is 1.97. The van der Waals surface area contributed by atoms with Gasteiger partial charge in [0, 0.05) is 23.7 Å². The van der Waals surface area contributed by atoms with Crippen molar-refractivity contribution in [3.8, 4) is 23.3 Å². The number of hydrogen-bond acceptors (Lipinski definition) is 7. The number of pyridine rings is 1. The fraction of sp³-hybridized carbons (Fsp3) is 0.304. The monoisotopic (exact) mass is 405 g/mol. The second kappa shape index (κ2) is 8.89. The summed E-state index contributed by atoms with van der Waals surface area (Å²) in [7, 11) is 3.14. The Hall–Kier alpha value is -3.50. The lowest BCUT2D eigenvalue weighted by Gasteiger charge is -2.18. The van der Waals surface area contributed by atoms with Crippen LogP contribution in [0.25, 0.3) is 10.9 Å². The number of rotatable bonds is 7. The van der Waals surface area contributed by atoms with Gasteiger partial charge in [-0.25, -0.2) is 4.98 Å². The molecule has 1 aromatic heterocycles. The minimum absolute atomic E-state index is 0.0189. The van der Waals surface area contributed by atoms with Gasteiger partial charge in [0.2, 0.25) is 0 Å². The number of nitrogens with zero attached hydrogens (tertiary/aromatic N) is 2. The maximum Gasteiger partial charge on any atom is 0.162 e. The molecule has 1 aliphatic rings. The number of ether oxygens (including phenoxy) is 4. The summed E-state index contributed by atoms with van der Waals surface area (Å²) < 4.78 is 22.7. The normalized spacial score (nSPS) is 15.6. The fourth-order valence-electron chi connectivity index (χ4n) is 3.52. The summed E-state index contributed by atoms with van der Waals surface area (Å²) in [4.78, 5) is 4.69. The van der Waals surface area contributed by atoms with E-state index in [2.05, 4.69) is 16.4 Å². The third-order valence-electron chi connectivity index (χ3n) is 5.03. The van der Waals surface area contributed by atoms with Crippen molar-refractivity contribution in [1.29, 1.82) is 5.26 Å². The molecule has 7 heteroatoms. The van der Waals surface area contributed by atoms with Crippen molar-refractivity contribution in [3.05, 3.63) is 48.0 Å². The quantitative estimate of drug-likeness (QED) is 0.622. The van der Waals surface area contributed by atoms with Crippen molar-refractivity contribution < 1.29 is 18.9 Å². The molecule has 1 fully saturated rings. The molecule has 0 radical (unpaired) electrons. The van der Waals surface area contributed by atoms with Gasteiger partial charge in [-0.05, 0) is 31.0 Å². The molecule has 7 nitrogen and oxygen atoms in total. The highest BCUT2D eigenvalue weighted by molar-refractivity contribution is 5.93. The Morgan fingerprint density at radius 2 is 1.93 bits per heavy atom. The summed E-state index contributed by atoms with van der Waals surface area (Å²) in [6.45, 7) is 1.11. The highest BCUT2D eigenvalue weighted by Crippen LogP contribution is 2.40. The maximum atomic E-state index is 9.96. The number of para-hydroxylation sites is 1. The molecule has 2 aromatic carbocycles. The van der Waals surface area contributed by atoms with Gasteiger partial charge in [0.05, 0.1) is 25.8 Å². The first-order valence-corrected chi connectivity index (χ1v) is 9.79. The number of fused-ring (bicyclic) bond motifs is 1. The Kier molecular flexibility index (Phi) is 5.87. The van der Waals surface area contributed by atoms with Gasteiger partial charge in [-0.15, -0.1) is 0 Å². The van der Waals surface area contributed by atoms with Gasteiger partial charge in [-0.2, -0.15) is 5.26 Å². The third kappa shape index (κ3) is 3.95. The van der Waals surface area contributed by atoms with Crippen LogP contribution in [-0.4, -0.2) is 38.5 Å². The number of methoxy groups -OCH3 is 2. The average molecular weight is 405 g/mol. The molecule has 0 spiro atoms. The van der Waals surface area contributed by atoms with Crippen molar-refractivity contribution in [2.24, 2.45) is 0 Å². The van der Waals surface area contributed by atoms with E-state index in [0.717, 1.165) is 25.1 Å². The summed E-state index contributed by atoms with van der Waals surface area (Å²) in [5, 5.41) is 13.9. The molecule has 1 N–H and O–H groups in total. The first kappa shape index (κ1) is 19.8. The van der Waals surface area contributed by atoms with Gasteiger partial charge in [-0.1, -0.05) is 18.2 Å². The van der Waals surface area contributed by atoms with E-state index in [1.807, 2.05) is 30.3 Å². The van der Waals surface area contributed by atoms with Crippen molar-refractivity contribution >= 4 is 22.4 Å². The number of nitriles is 1. The Bertz CT molecular complexity index is 1070. The van der Waals surface area contributed by atoms with E-state index in [4.69, 9.17) is 18.9 Å². The zero-order chi connectivity index (χ0) is 20.9. The van der Waals surface area contributed by atoms with Gasteiger partial charge in [0.15, 0.2) is 23.1 Å². The molecule has 0 saturated carbocycles. The number of anilines is 2. The van der Waals surface area contributed by atoms with Gasteiger partial charge < -0.3 is 24.3 Å². The van der Waals surface area contributed by atoms with Crippen LogP contribution >= 0.6 is 0 Å². The van der Waals surface area contributed by atoms with E-state index < -0.39 is 0 Å². The highest BCUT2D eigenvalue weighted by atomic mass is 16.5. The van der Waals surface area contributed by atoms with E-state index in [0.29, 0.717) is 46.1 Å². The summed E-state index contributed by atoms with van der Waals surface area (Å²) in [6.07, 6.45) is 1.98. The lowest BCUT2D eigenvalue weighted by atomic mass is 10.1. The standard InChI is InChI=1S/C23H23N3O4/c1-27-20-11-17-19(12-21(20)28-2)26-23(25-15-7-4-3-5-8-15)18(13-24)22(17)30-14-16-9-6-10-29-16/h3-5,7-8,11-12,16H,6,9-10,14H2,1-2H3,(H,25,26). The highest BCUT2D eigenvalue weighted by Gasteiger charge is 2.22. The number of nitrogens with one attached hydrogen (secondary N) is 1. The van der Waals surface area contributed by atoms with Crippen molar-refractivity contribution in [2.45, 2.75) is 18.9 Å². The molecule has 3 aromatic rings. The molecule has 0 aliphatic carbocycles. The van der Waals surface area contributed by atoms with Crippen LogP contribution in [0.4, 0.5) is 11.5 Å². The summed E-state index contributed by atoms with van der Waals surface area (Å²) in [6, 6.07) is 15.4. The second-order valence-corrected chi connectivity index (χ2v) is 6.94. The number of benzene rings is 2. The van der Waals surface area contributed by atoms with E-state index in [1.165, 1.54) is 0 Å². The Morgan fingerprint density at radius 3 is 2.60 bits per heavy atom. The fourth-order valence-corrected chi connectivity index (χ4v) is 3.52. The van der Waals surface area contributed by atoms with Crippen LogP contribution in [0.15, 0.2) is 42.5 Å².